The van der Waals surface area contributed by atoms with Gasteiger partial charge < -0.3 is 20.3 Å². The lowest BCUT2D eigenvalue weighted by molar-refractivity contribution is -0.136. The van der Waals surface area contributed by atoms with Gasteiger partial charge in [0, 0.05) is 74.4 Å². The zero-order valence-electron chi connectivity index (χ0n) is 22.2. The number of piperazine rings is 1. The second-order valence-electron chi connectivity index (χ2n) is 10.2. The Morgan fingerprint density at radius 2 is 1.68 bits per heavy atom. The van der Waals surface area contributed by atoms with Crippen molar-refractivity contribution < 1.29 is 23.9 Å². The SMILES string of the molecule is COc1cc(N2CCN(c3ccc4c(c3)C(=O)N(C3CCC(=O)NC3=O)C4=O)CC2)c(-c2cnn(C)c2)cc1N. The summed E-state index contributed by atoms with van der Waals surface area (Å²) in [7, 11) is 3.46. The number of carbonyl (C=O) groups is 4. The highest BCUT2D eigenvalue weighted by Gasteiger charge is 2.44. The van der Waals surface area contributed by atoms with Crippen molar-refractivity contribution in [2.24, 2.45) is 7.05 Å². The molecule has 3 N–H and O–H groups in total. The van der Waals surface area contributed by atoms with Crippen molar-refractivity contribution in [1.82, 2.24) is 20.0 Å². The van der Waals surface area contributed by atoms with Gasteiger partial charge in [0.05, 0.1) is 30.1 Å². The van der Waals surface area contributed by atoms with Crippen LogP contribution in [-0.2, 0) is 16.6 Å². The monoisotopic (exact) mass is 543 g/mol. The lowest BCUT2D eigenvalue weighted by Crippen LogP contribution is -2.54. The van der Waals surface area contributed by atoms with Crippen LogP contribution in [-0.4, -0.2) is 77.6 Å². The molecule has 3 aliphatic rings. The molecule has 0 radical (unpaired) electrons. The molecule has 0 aliphatic carbocycles. The van der Waals surface area contributed by atoms with E-state index in [1.807, 2.05) is 37.6 Å². The number of rotatable bonds is 5. The Morgan fingerprint density at radius 3 is 2.35 bits per heavy atom. The Morgan fingerprint density at radius 1 is 0.950 bits per heavy atom. The second kappa shape index (κ2) is 9.70. The molecule has 2 aromatic carbocycles. The number of fused-ring (bicyclic) bond motifs is 1. The molecule has 40 heavy (non-hydrogen) atoms. The third kappa shape index (κ3) is 4.21. The summed E-state index contributed by atoms with van der Waals surface area (Å²) in [6.07, 6.45) is 3.97. The van der Waals surface area contributed by atoms with Crippen LogP contribution in [0.15, 0.2) is 42.7 Å². The minimum absolute atomic E-state index is 0.0850. The van der Waals surface area contributed by atoms with E-state index in [4.69, 9.17) is 10.5 Å². The molecule has 0 spiro atoms. The van der Waals surface area contributed by atoms with E-state index in [0.29, 0.717) is 37.6 Å². The van der Waals surface area contributed by atoms with Gasteiger partial charge >= 0.3 is 0 Å². The summed E-state index contributed by atoms with van der Waals surface area (Å²) in [5.74, 6) is -1.43. The maximum Gasteiger partial charge on any atom is 0.262 e. The summed E-state index contributed by atoms with van der Waals surface area (Å²) in [5, 5.41) is 6.54. The standard InChI is InChI=1S/C28H29N7O5/c1-32-15-16(14-30-32)19-12-21(29)24(40-2)13-23(19)34-9-7-33(8-10-34)17-3-4-18-20(11-17)28(39)35(27(18)38)22-5-6-25(36)31-26(22)37/h3-4,11-15,22H,5-10,29H2,1-2H3,(H,31,36,37). The fourth-order valence-electron chi connectivity index (χ4n) is 5.68. The van der Waals surface area contributed by atoms with E-state index in [2.05, 4.69) is 20.2 Å². The van der Waals surface area contributed by atoms with Gasteiger partial charge in [0.25, 0.3) is 11.8 Å². The number of hydrogen-bond donors (Lipinski definition) is 2. The number of anilines is 3. The van der Waals surface area contributed by atoms with Crippen molar-refractivity contribution in [2.45, 2.75) is 18.9 Å². The maximum atomic E-state index is 13.3. The number of aromatic nitrogens is 2. The minimum atomic E-state index is -0.983. The van der Waals surface area contributed by atoms with Crippen molar-refractivity contribution in [3.8, 4) is 16.9 Å². The fourth-order valence-corrected chi connectivity index (χ4v) is 5.68. The van der Waals surface area contributed by atoms with Crippen LogP contribution in [0.2, 0.25) is 0 Å². The number of amides is 4. The molecule has 2 fully saturated rings. The van der Waals surface area contributed by atoms with Gasteiger partial charge in [-0.2, -0.15) is 5.10 Å². The fraction of sp³-hybridized carbons (Fsp3) is 0.321. The van der Waals surface area contributed by atoms with Crippen molar-refractivity contribution >= 4 is 40.7 Å². The summed E-state index contributed by atoms with van der Waals surface area (Å²) in [6, 6.07) is 8.09. The molecule has 206 valence electrons. The van der Waals surface area contributed by atoms with Gasteiger partial charge in [0.15, 0.2) is 0 Å². The highest BCUT2D eigenvalue weighted by atomic mass is 16.5. The van der Waals surface area contributed by atoms with Gasteiger partial charge in [0.2, 0.25) is 11.8 Å². The van der Waals surface area contributed by atoms with Gasteiger partial charge in [-0.05, 0) is 30.7 Å². The summed E-state index contributed by atoms with van der Waals surface area (Å²) < 4.78 is 7.25. The number of methoxy groups -OCH3 is 1. The van der Waals surface area contributed by atoms with Crippen LogP contribution in [0.3, 0.4) is 0 Å². The molecule has 0 bridgehead atoms. The Bertz CT molecular complexity index is 1560. The zero-order valence-corrected chi connectivity index (χ0v) is 22.2. The molecular weight excluding hydrogens is 514 g/mol. The molecule has 4 amide bonds. The summed E-state index contributed by atoms with van der Waals surface area (Å²) >= 11 is 0. The molecule has 3 aliphatic heterocycles. The molecule has 6 rings (SSSR count). The highest BCUT2D eigenvalue weighted by molar-refractivity contribution is 6.23. The number of ether oxygens (including phenoxy) is 1. The first kappa shape index (κ1) is 25.4. The minimum Gasteiger partial charge on any atom is -0.495 e. The topological polar surface area (TPSA) is 143 Å². The van der Waals surface area contributed by atoms with E-state index in [-0.39, 0.29) is 24.0 Å². The van der Waals surface area contributed by atoms with Gasteiger partial charge in [0.1, 0.15) is 11.8 Å². The van der Waals surface area contributed by atoms with Crippen molar-refractivity contribution in [1.29, 1.82) is 0 Å². The number of nitrogens with zero attached hydrogens (tertiary/aromatic N) is 5. The first-order valence-corrected chi connectivity index (χ1v) is 13.1. The van der Waals surface area contributed by atoms with Crippen LogP contribution in [0.5, 0.6) is 5.75 Å². The Labute approximate surface area is 230 Å². The third-order valence-corrected chi connectivity index (χ3v) is 7.77. The van der Waals surface area contributed by atoms with Crippen molar-refractivity contribution in [3.63, 3.8) is 0 Å². The predicted octanol–water partition coefficient (Wildman–Crippen LogP) is 1.41. The number of aryl methyl sites for hydroxylation is 1. The molecule has 2 saturated heterocycles. The number of carbonyl (C=O) groups excluding carboxylic acids is 4. The maximum absolute atomic E-state index is 13.3. The molecule has 12 nitrogen and oxygen atoms in total. The first-order valence-electron chi connectivity index (χ1n) is 13.1. The lowest BCUT2D eigenvalue weighted by atomic mass is 10.0. The van der Waals surface area contributed by atoms with Gasteiger partial charge in [-0.25, -0.2) is 0 Å². The van der Waals surface area contributed by atoms with E-state index in [9.17, 15) is 19.2 Å². The Balaban J connectivity index is 1.21. The number of benzene rings is 2. The molecule has 1 unspecified atom stereocenters. The Hall–Kier alpha value is -4.87. The van der Waals surface area contributed by atoms with E-state index in [1.54, 1.807) is 23.9 Å². The molecular formula is C28H29N7O5. The molecule has 1 aromatic heterocycles. The molecule has 1 atom stereocenters. The third-order valence-electron chi connectivity index (χ3n) is 7.77. The smallest absolute Gasteiger partial charge is 0.262 e. The van der Waals surface area contributed by atoms with Crippen LogP contribution in [0.25, 0.3) is 11.1 Å². The predicted molar refractivity (Wildman–Crippen MR) is 147 cm³/mol. The van der Waals surface area contributed by atoms with Gasteiger partial charge in [-0.15, -0.1) is 0 Å². The summed E-state index contributed by atoms with van der Waals surface area (Å²) in [4.78, 5) is 55.6. The number of hydrogen-bond acceptors (Lipinski definition) is 9. The number of imide groups is 2. The van der Waals surface area contributed by atoms with E-state index >= 15 is 0 Å². The average molecular weight is 544 g/mol. The average Bonchev–Trinajstić information content (AvgIpc) is 3.49. The first-order chi connectivity index (χ1) is 19.2. The molecule has 12 heteroatoms. The number of piperidine rings is 1. The van der Waals surface area contributed by atoms with Gasteiger partial charge in [-0.1, -0.05) is 0 Å². The highest BCUT2D eigenvalue weighted by Crippen LogP contribution is 2.39. The largest absolute Gasteiger partial charge is 0.495 e. The van der Waals surface area contributed by atoms with E-state index in [0.717, 1.165) is 27.4 Å². The van der Waals surface area contributed by atoms with Gasteiger partial charge in [-0.3, -0.25) is 34.1 Å². The number of nitrogens with two attached hydrogens (primary N) is 1. The molecule has 4 heterocycles. The van der Waals surface area contributed by atoms with E-state index in [1.165, 1.54) is 0 Å². The zero-order chi connectivity index (χ0) is 28.1. The van der Waals surface area contributed by atoms with Crippen LogP contribution in [0, 0.1) is 0 Å². The lowest BCUT2D eigenvalue weighted by Gasteiger charge is -2.38. The van der Waals surface area contributed by atoms with Crippen LogP contribution in [0.4, 0.5) is 17.1 Å². The van der Waals surface area contributed by atoms with Crippen LogP contribution >= 0.6 is 0 Å². The molecule has 0 saturated carbocycles. The second-order valence-corrected chi connectivity index (χ2v) is 10.2. The summed E-state index contributed by atoms with van der Waals surface area (Å²) in [6.45, 7) is 2.76. The number of nitrogens with one attached hydrogen (secondary N) is 1. The van der Waals surface area contributed by atoms with Crippen LogP contribution < -0.4 is 25.6 Å². The quantitative estimate of drug-likeness (QED) is 0.361. The normalized spacial score (nSPS) is 19.2. The summed E-state index contributed by atoms with van der Waals surface area (Å²) in [5.41, 5.74) is 11.1. The molecule has 3 aromatic rings. The van der Waals surface area contributed by atoms with Crippen molar-refractivity contribution in [2.75, 3.05) is 48.8 Å². The van der Waals surface area contributed by atoms with Crippen LogP contribution in [0.1, 0.15) is 33.6 Å². The number of nitrogen functional groups attached to an aromatic ring is 1. The van der Waals surface area contributed by atoms with Crippen molar-refractivity contribution in [3.05, 3.63) is 53.9 Å². The van der Waals surface area contributed by atoms with E-state index < -0.39 is 29.7 Å². The Kier molecular flexibility index (Phi) is 6.16.